The van der Waals surface area contributed by atoms with Crippen molar-refractivity contribution in [1.82, 2.24) is 4.98 Å². The van der Waals surface area contributed by atoms with Crippen molar-refractivity contribution in [3.63, 3.8) is 0 Å². The summed E-state index contributed by atoms with van der Waals surface area (Å²) in [6.07, 6.45) is 1.72. The van der Waals surface area contributed by atoms with Gasteiger partial charge in [-0.3, -0.25) is 4.79 Å². The molecule has 14 heavy (non-hydrogen) atoms. The van der Waals surface area contributed by atoms with Gasteiger partial charge in [0.2, 0.25) is 5.91 Å². The first-order valence-electron chi connectivity index (χ1n) is 4.49. The van der Waals surface area contributed by atoms with Crippen LogP contribution in [0.15, 0.2) is 6.20 Å². The first kappa shape index (κ1) is 11.1. The molecule has 0 radical (unpaired) electrons. The number of aryl methyl sites for hydroxylation is 1. The number of rotatable bonds is 3. The van der Waals surface area contributed by atoms with Crippen LogP contribution >= 0.6 is 11.3 Å². The SMILES string of the molecule is Cc1cnc(NC(=O)[C@@H](N)C(C)C)s1. The fourth-order valence-electron chi connectivity index (χ4n) is 0.904. The van der Waals surface area contributed by atoms with Crippen LogP contribution in [-0.4, -0.2) is 16.9 Å². The van der Waals surface area contributed by atoms with Crippen molar-refractivity contribution in [3.8, 4) is 0 Å². The van der Waals surface area contributed by atoms with Crippen molar-refractivity contribution in [1.29, 1.82) is 0 Å². The standard InChI is InChI=1S/C9H15N3OS/c1-5(2)7(10)8(13)12-9-11-4-6(3)14-9/h4-5,7H,10H2,1-3H3,(H,11,12,13)/t7-/m0/s1. The summed E-state index contributed by atoms with van der Waals surface area (Å²) in [5.74, 6) is -0.0367. The van der Waals surface area contributed by atoms with Crippen LogP contribution < -0.4 is 11.1 Å². The summed E-state index contributed by atoms with van der Waals surface area (Å²) in [6, 6.07) is -0.473. The molecule has 0 unspecified atom stereocenters. The predicted molar refractivity (Wildman–Crippen MR) is 58.3 cm³/mol. The van der Waals surface area contributed by atoms with E-state index in [9.17, 15) is 4.79 Å². The summed E-state index contributed by atoms with van der Waals surface area (Å²) in [6.45, 7) is 5.77. The Morgan fingerprint density at radius 1 is 1.64 bits per heavy atom. The minimum atomic E-state index is -0.473. The summed E-state index contributed by atoms with van der Waals surface area (Å²) in [5.41, 5.74) is 5.68. The second-order valence-electron chi connectivity index (χ2n) is 3.54. The lowest BCUT2D eigenvalue weighted by Crippen LogP contribution is -2.39. The normalized spacial score (nSPS) is 12.9. The van der Waals surface area contributed by atoms with Crippen molar-refractivity contribution in [2.75, 3.05) is 5.32 Å². The lowest BCUT2D eigenvalue weighted by atomic mass is 10.1. The highest BCUT2D eigenvalue weighted by Crippen LogP contribution is 2.16. The molecular weight excluding hydrogens is 198 g/mol. The highest BCUT2D eigenvalue weighted by atomic mass is 32.1. The molecule has 1 aromatic heterocycles. The number of nitrogens with two attached hydrogens (primary N) is 1. The molecular formula is C9H15N3OS. The Morgan fingerprint density at radius 2 is 2.29 bits per heavy atom. The zero-order valence-electron chi connectivity index (χ0n) is 8.57. The number of nitrogens with one attached hydrogen (secondary N) is 1. The predicted octanol–water partition coefficient (Wildman–Crippen LogP) is 1.37. The van der Waals surface area contributed by atoms with E-state index in [1.165, 1.54) is 11.3 Å². The third-order valence-electron chi connectivity index (χ3n) is 1.87. The summed E-state index contributed by atoms with van der Waals surface area (Å²) in [4.78, 5) is 16.6. The largest absolute Gasteiger partial charge is 0.320 e. The smallest absolute Gasteiger partial charge is 0.243 e. The molecule has 1 rings (SSSR count). The van der Waals surface area contributed by atoms with Crippen LogP contribution in [0.5, 0.6) is 0 Å². The topological polar surface area (TPSA) is 68.0 Å². The lowest BCUT2D eigenvalue weighted by Gasteiger charge is -2.13. The molecule has 1 aromatic rings. The number of anilines is 1. The van der Waals surface area contributed by atoms with E-state index in [2.05, 4.69) is 10.3 Å². The Hall–Kier alpha value is -0.940. The maximum absolute atomic E-state index is 11.5. The minimum Gasteiger partial charge on any atom is -0.320 e. The summed E-state index contributed by atoms with van der Waals surface area (Å²) in [5, 5.41) is 3.30. The molecule has 0 fully saturated rings. The van der Waals surface area contributed by atoms with E-state index in [-0.39, 0.29) is 11.8 Å². The third kappa shape index (κ3) is 2.78. The van der Waals surface area contributed by atoms with Crippen LogP contribution in [-0.2, 0) is 4.79 Å². The van der Waals surface area contributed by atoms with Crippen molar-refractivity contribution in [3.05, 3.63) is 11.1 Å². The van der Waals surface area contributed by atoms with E-state index in [1.807, 2.05) is 20.8 Å². The average Bonchev–Trinajstić information content (AvgIpc) is 2.49. The molecule has 0 bridgehead atoms. The van der Waals surface area contributed by atoms with Gasteiger partial charge in [-0.25, -0.2) is 4.98 Å². The number of carbonyl (C=O) groups is 1. The highest BCUT2D eigenvalue weighted by Gasteiger charge is 2.17. The molecule has 1 heterocycles. The maximum Gasteiger partial charge on any atom is 0.243 e. The Bertz CT molecular complexity index is 322. The third-order valence-corrected chi connectivity index (χ3v) is 2.70. The van der Waals surface area contributed by atoms with Gasteiger partial charge in [-0.05, 0) is 12.8 Å². The van der Waals surface area contributed by atoms with E-state index >= 15 is 0 Å². The van der Waals surface area contributed by atoms with Gasteiger partial charge in [0.15, 0.2) is 5.13 Å². The molecule has 1 atom stereocenters. The molecule has 78 valence electrons. The van der Waals surface area contributed by atoms with Gasteiger partial charge in [0.1, 0.15) is 0 Å². The van der Waals surface area contributed by atoms with Crippen molar-refractivity contribution >= 4 is 22.4 Å². The lowest BCUT2D eigenvalue weighted by molar-refractivity contribution is -0.118. The quantitative estimate of drug-likeness (QED) is 0.797. The van der Waals surface area contributed by atoms with E-state index in [0.29, 0.717) is 5.13 Å². The van der Waals surface area contributed by atoms with Gasteiger partial charge >= 0.3 is 0 Å². The number of aromatic nitrogens is 1. The molecule has 0 aliphatic rings. The van der Waals surface area contributed by atoms with Gasteiger partial charge < -0.3 is 11.1 Å². The first-order valence-corrected chi connectivity index (χ1v) is 5.31. The van der Waals surface area contributed by atoms with Gasteiger partial charge in [-0.1, -0.05) is 13.8 Å². The van der Waals surface area contributed by atoms with E-state index in [4.69, 9.17) is 5.73 Å². The van der Waals surface area contributed by atoms with Gasteiger partial charge in [0.05, 0.1) is 6.04 Å². The van der Waals surface area contributed by atoms with Crippen LogP contribution in [0.25, 0.3) is 0 Å². The van der Waals surface area contributed by atoms with E-state index in [1.54, 1.807) is 6.20 Å². The molecule has 1 amide bonds. The Balaban J connectivity index is 2.57. The highest BCUT2D eigenvalue weighted by molar-refractivity contribution is 7.15. The average molecular weight is 213 g/mol. The number of carbonyl (C=O) groups excluding carboxylic acids is 1. The van der Waals surface area contributed by atoms with Gasteiger partial charge in [0.25, 0.3) is 0 Å². The van der Waals surface area contributed by atoms with Crippen molar-refractivity contribution in [2.45, 2.75) is 26.8 Å². The van der Waals surface area contributed by atoms with Crippen LogP contribution in [0.2, 0.25) is 0 Å². The maximum atomic E-state index is 11.5. The second kappa shape index (κ2) is 4.52. The molecule has 0 aromatic carbocycles. The number of thiazole rings is 1. The Kier molecular flexibility index (Phi) is 3.60. The fraction of sp³-hybridized carbons (Fsp3) is 0.556. The van der Waals surface area contributed by atoms with Crippen molar-refractivity contribution in [2.24, 2.45) is 11.7 Å². The summed E-state index contributed by atoms with van der Waals surface area (Å²) >= 11 is 1.45. The molecule has 5 heteroatoms. The van der Waals surface area contributed by atoms with Gasteiger partial charge in [-0.15, -0.1) is 11.3 Å². The molecule has 0 saturated heterocycles. The fourth-order valence-corrected chi connectivity index (χ4v) is 1.57. The zero-order chi connectivity index (χ0) is 10.7. The van der Waals surface area contributed by atoms with Crippen LogP contribution in [0.1, 0.15) is 18.7 Å². The first-order chi connectivity index (χ1) is 6.50. The molecule has 0 saturated carbocycles. The van der Waals surface area contributed by atoms with Crippen molar-refractivity contribution < 1.29 is 4.79 Å². The van der Waals surface area contributed by atoms with E-state index in [0.717, 1.165) is 4.88 Å². The molecule has 3 N–H and O–H groups in total. The molecule has 4 nitrogen and oxygen atoms in total. The van der Waals surface area contributed by atoms with Crippen LogP contribution in [0.4, 0.5) is 5.13 Å². The Labute approximate surface area is 87.5 Å². The van der Waals surface area contributed by atoms with E-state index < -0.39 is 6.04 Å². The van der Waals surface area contributed by atoms with Gasteiger partial charge in [-0.2, -0.15) is 0 Å². The monoisotopic (exact) mass is 213 g/mol. The minimum absolute atomic E-state index is 0.135. The summed E-state index contributed by atoms with van der Waals surface area (Å²) < 4.78 is 0. The number of hydrogen-bond acceptors (Lipinski definition) is 4. The van der Waals surface area contributed by atoms with Gasteiger partial charge in [0, 0.05) is 11.1 Å². The zero-order valence-corrected chi connectivity index (χ0v) is 9.39. The van der Waals surface area contributed by atoms with Crippen LogP contribution in [0.3, 0.4) is 0 Å². The Morgan fingerprint density at radius 3 is 2.71 bits per heavy atom. The number of amides is 1. The second-order valence-corrected chi connectivity index (χ2v) is 4.77. The molecule has 0 aliphatic carbocycles. The van der Waals surface area contributed by atoms with Crippen LogP contribution in [0, 0.1) is 12.8 Å². The molecule has 0 aliphatic heterocycles. The number of hydrogen-bond donors (Lipinski definition) is 2. The number of nitrogens with zero attached hydrogens (tertiary/aromatic N) is 1. The molecule has 0 spiro atoms. The summed E-state index contributed by atoms with van der Waals surface area (Å²) in [7, 11) is 0.